The fraction of sp³-hybridized carbons (Fsp3) is 0.444. The van der Waals surface area contributed by atoms with Gasteiger partial charge >= 0.3 is 0 Å². The summed E-state index contributed by atoms with van der Waals surface area (Å²) in [6, 6.07) is 9.40. The minimum absolute atomic E-state index is 0.0521. The summed E-state index contributed by atoms with van der Waals surface area (Å²) in [5.41, 5.74) is 1.34. The number of aliphatic hydroxyl groups excluding tert-OH is 1. The van der Waals surface area contributed by atoms with Gasteiger partial charge in [0.05, 0.1) is 12.6 Å². The molecule has 6 heteroatoms. The Hall–Kier alpha value is -2.34. The van der Waals surface area contributed by atoms with Crippen LogP contribution < -0.4 is 10.6 Å². The second kappa shape index (κ2) is 7.49. The number of hydrogen-bond donors (Lipinski definition) is 4. The van der Waals surface area contributed by atoms with E-state index in [2.05, 4.69) is 15.6 Å². The number of nitrogens with one attached hydrogen (secondary N) is 3. The predicted molar refractivity (Wildman–Crippen MR) is 91.6 cm³/mol. The molecule has 4 N–H and O–H groups in total. The van der Waals surface area contributed by atoms with Gasteiger partial charge in [0.25, 0.3) is 5.91 Å². The van der Waals surface area contributed by atoms with Gasteiger partial charge in [0, 0.05) is 17.4 Å². The van der Waals surface area contributed by atoms with E-state index in [9.17, 15) is 14.7 Å². The van der Waals surface area contributed by atoms with E-state index < -0.39 is 0 Å². The van der Waals surface area contributed by atoms with Gasteiger partial charge in [-0.2, -0.15) is 0 Å². The van der Waals surface area contributed by atoms with E-state index in [1.807, 2.05) is 24.3 Å². The topological polar surface area (TPSA) is 94.2 Å². The van der Waals surface area contributed by atoms with Gasteiger partial charge in [-0.3, -0.25) is 9.59 Å². The highest BCUT2D eigenvalue weighted by Crippen LogP contribution is 2.23. The zero-order chi connectivity index (χ0) is 16.9. The van der Waals surface area contributed by atoms with Crippen molar-refractivity contribution in [1.29, 1.82) is 0 Å². The molecule has 24 heavy (non-hydrogen) atoms. The summed E-state index contributed by atoms with van der Waals surface area (Å²) in [4.78, 5) is 27.0. The highest BCUT2D eigenvalue weighted by atomic mass is 16.3. The van der Waals surface area contributed by atoms with Crippen molar-refractivity contribution < 1.29 is 14.7 Å². The van der Waals surface area contributed by atoms with Crippen LogP contribution in [0.15, 0.2) is 30.3 Å². The standard InChI is InChI=1S/C18H23N3O3/c22-14-6-3-4-12(8-14)10-19-17(23)11-20-18(24)16-9-13-5-1-2-7-15(13)21-16/h1-2,5,7,9,12,14,21-22H,3-4,6,8,10-11H2,(H,19,23)(H,20,24). The second-order valence-electron chi connectivity index (χ2n) is 6.44. The van der Waals surface area contributed by atoms with Crippen LogP contribution in [0.2, 0.25) is 0 Å². The van der Waals surface area contributed by atoms with Gasteiger partial charge in [0.2, 0.25) is 5.91 Å². The summed E-state index contributed by atoms with van der Waals surface area (Å²) in [6.45, 7) is 0.502. The fourth-order valence-corrected chi connectivity index (χ4v) is 3.22. The van der Waals surface area contributed by atoms with Gasteiger partial charge in [-0.15, -0.1) is 0 Å². The Morgan fingerprint density at radius 1 is 1.21 bits per heavy atom. The summed E-state index contributed by atoms with van der Waals surface area (Å²) in [5, 5.41) is 16.1. The van der Waals surface area contributed by atoms with E-state index in [0.717, 1.165) is 36.6 Å². The molecule has 1 saturated carbocycles. The third-order valence-electron chi connectivity index (χ3n) is 4.53. The third-order valence-corrected chi connectivity index (χ3v) is 4.53. The van der Waals surface area contributed by atoms with E-state index in [0.29, 0.717) is 18.2 Å². The van der Waals surface area contributed by atoms with Crippen molar-refractivity contribution in [2.24, 2.45) is 5.92 Å². The Morgan fingerprint density at radius 2 is 2.04 bits per heavy atom. The van der Waals surface area contributed by atoms with Gasteiger partial charge in [-0.05, 0) is 37.3 Å². The van der Waals surface area contributed by atoms with Crippen molar-refractivity contribution in [2.75, 3.05) is 13.1 Å². The van der Waals surface area contributed by atoms with Gasteiger partial charge in [-0.1, -0.05) is 24.6 Å². The van der Waals surface area contributed by atoms with Crippen molar-refractivity contribution in [3.8, 4) is 0 Å². The van der Waals surface area contributed by atoms with Crippen molar-refractivity contribution in [3.63, 3.8) is 0 Å². The smallest absolute Gasteiger partial charge is 0.268 e. The maximum atomic E-state index is 12.1. The van der Waals surface area contributed by atoms with E-state index >= 15 is 0 Å². The summed E-state index contributed by atoms with van der Waals surface area (Å²) < 4.78 is 0. The SMILES string of the molecule is O=C(CNC(=O)c1cc2ccccc2[nH]1)NCC1CCCC(O)C1. The molecule has 2 aromatic rings. The molecule has 1 fully saturated rings. The molecule has 128 valence electrons. The first-order chi connectivity index (χ1) is 11.6. The van der Waals surface area contributed by atoms with Crippen LogP contribution in [0.5, 0.6) is 0 Å². The molecule has 0 bridgehead atoms. The quantitative estimate of drug-likeness (QED) is 0.670. The molecule has 1 aliphatic carbocycles. The van der Waals surface area contributed by atoms with Crippen molar-refractivity contribution in [3.05, 3.63) is 36.0 Å². The Morgan fingerprint density at radius 3 is 2.83 bits per heavy atom. The Labute approximate surface area is 140 Å². The molecule has 6 nitrogen and oxygen atoms in total. The van der Waals surface area contributed by atoms with Crippen LogP contribution in [0.25, 0.3) is 10.9 Å². The van der Waals surface area contributed by atoms with Crippen molar-refractivity contribution in [2.45, 2.75) is 31.8 Å². The van der Waals surface area contributed by atoms with Crippen LogP contribution in [0.1, 0.15) is 36.2 Å². The molecule has 1 heterocycles. The maximum absolute atomic E-state index is 12.1. The lowest BCUT2D eigenvalue weighted by Crippen LogP contribution is -2.40. The summed E-state index contributed by atoms with van der Waals surface area (Å²) in [5.74, 6) is -0.184. The lowest BCUT2D eigenvalue weighted by molar-refractivity contribution is -0.120. The number of carbonyl (C=O) groups excluding carboxylic acids is 2. The number of H-pyrrole nitrogens is 1. The van der Waals surface area contributed by atoms with Crippen LogP contribution in [-0.4, -0.2) is 41.1 Å². The van der Waals surface area contributed by atoms with Crippen molar-refractivity contribution in [1.82, 2.24) is 15.6 Å². The molecule has 0 aliphatic heterocycles. The highest BCUT2D eigenvalue weighted by Gasteiger charge is 2.20. The number of amides is 2. The number of hydrogen-bond acceptors (Lipinski definition) is 3. The first-order valence-electron chi connectivity index (χ1n) is 8.42. The summed E-state index contributed by atoms with van der Waals surface area (Å²) >= 11 is 0. The fourth-order valence-electron chi connectivity index (χ4n) is 3.22. The van der Waals surface area contributed by atoms with E-state index in [-0.39, 0.29) is 24.5 Å². The zero-order valence-corrected chi connectivity index (χ0v) is 13.5. The van der Waals surface area contributed by atoms with Gasteiger partial charge in [0.15, 0.2) is 0 Å². The number of benzene rings is 1. The average molecular weight is 329 g/mol. The Bertz CT molecular complexity index is 692. The van der Waals surface area contributed by atoms with Gasteiger partial charge in [-0.25, -0.2) is 0 Å². The predicted octanol–water partition coefficient (Wildman–Crippen LogP) is 1.56. The van der Waals surface area contributed by atoms with Gasteiger partial charge in [0.1, 0.15) is 5.69 Å². The summed E-state index contributed by atoms with van der Waals surface area (Å²) in [7, 11) is 0. The molecule has 2 amide bonds. The van der Waals surface area contributed by atoms with E-state index in [1.54, 1.807) is 6.07 Å². The minimum atomic E-state index is -0.297. The highest BCUT2D eigenvalue weighted by molar-refractivity contribution is 5.99. The molecule has 0 saturated heterocycles. The second-order valence-corrected chi connectivity index (χ2v) is 6.44. The monoisotopic (exact) mass is 329 g/mol. The molecular weight excluding hydrogens is 306 g/mol. The van der Waals surface area contributed by atoms with Crippen LogP contribution in [0.3, 0.4) is 0 Å². The molecule has 1 aliphatic rings. The first kappa shape index (κ1) is 16.5. The number of carbonyl (C=O) groups is 2. The van der Waals surface area contributed by atoms with E-state index in [1.165, 1.54) is 0 Å². The number of para-hydroxylation sites is 1. The average Bonchev–Trinajstić information content (AvgIpc) is 3.02. The molecule has 1 aromatic heterocycles. The molecule has 0 spiro atoms. The van der Waals surface area contributed by atoms with Gasteiger partial charge < -0.3 is 20.7 Å². The van der Waals surface area contributed by atoms with Crippen LogP contribution >= 0.6 is 0 Å². The molecule has 2 atom stereocenters. The largest absolute Gasteiger partial charge is 0.393 e. The molecule has 1 aromatic carbocycles. The summed E-state index contributed by atoms with van der Waals surface area (Å²) in [6.07, 6.45) is 3.37. The molecule has 3 rings (SSSR count). The van der Waals surface area contributed by atoms with Crippen LogP contribution in [-0.2, 0) is 4.79 Å². The maximum Gasteiger partial charge on any atom is 0.268 e. The number of aliphatic hydroxyl groups is 1. The van der Waals surface area contributed by atoms with Crippen LogP contribution in [0, 0.1) is 5.92 Å². The Kier molecular flexibility index (Phi) is 5.15. The third kappa shape index (κ3) is 4.14. The van der Waals surface area contributed by atoms with Crippen molar-refractivity contribution >= 4 is 22.7 Å². The molecule has 2 unspecified atom stereocenters. The number of fused-ring (bicyclic) bond motifs is 1. The number of aromatic nitrogens is 1. The zero-order valence-electron chi connectivity index (χ0n) is 13.5. The normalized spacial score (nSPS) is 20.7. The number of rotatable bonds is 5. The van der Waals surface area contributed by atoms with Crippen LogP contribution in [0.4, 0.5) is 0 Å². The Balaban J connectivity index is 1.44. The molecular formula is C18H23N3O3. The number of aromatic amines is 1. The molecule has 0 radical (unpaired) electrons. The lowest BCUT2D eigenvalue weighted by Gasteiger charge is -2.25. The minimum Gasteiger partial charge on any atom is -0.393 e. The first-order valence-corrected chi connectivity index (χ1v) is 8.42. The van der Waals surface area contributed by atoms with E-state index in [4.69, 9.17) is 0 Å². The lowest BCUT2D eigenvalue weighted by atomic mass is 9.87.